The second-order valence-electron chi connectivity index (χ2n) is 2.46. The summed E-state index contributed by atoms with van der Waals surface area (Å²) < 4.78 is 4.77. The molecule has 1 atom stereocenters. The molecule has 0 unspecified atom stereocenters. The van der Waals surface area contributed by atoms with E-state index >= 15 is 0 Å². The molecule has 0 aliphatic rings. The van der Waals surface area contributed by atoms with Crippen molar-refractivity contribution in [3.8, 4) is 0 Å². The molecule has 0 bridgehead atoms. The van der Waals surface area contributed by atoms with Crippen LogP contribution < -0.4 is 5.73 Å². The molecule has 1 aromatic heterocycles. The zero-order chi connectivity index (χ0) is 8.97. The summed E-state index contributed by atoms with van der Waals surface area (Å²) in [7, 11) is 0. The van der Waals surface area contributed by atoms with Crippen LogP contribution in [-0.4, -0.2) is 22.3 Å². The van der Waals surface area contributed by atoms with Crippen LogP contribution in [0.5, 0.6) is 0 Å². The second kappa shape index (κ2) is 3.87. The van der Waals surface area contributed by atoms with Gasteiger partial charge in [-0.3, -0.25) is 4.79 Å². The molecule has 0 saturated carbocycles. The highest BCUT2D eigenvalue weighted by molar-refractivity contribution is 5.72. The van der Waals surface area contributed by atoms with Gasteiger partial charge in [0.15, 0.2) is 0 Å². The van der Waals surface area contributed by atoms with Gasteiger partial charge in [-0.25, -0.2) is 0 Å². The van der Waals surface area contributed by atoms with Crippen molar-refractivity contribution in [1.29, 1.82) is 0 Å². The molecule has 0 radical (unpaired) electrons. The molecule has 0 aromatic carbocycles. The quantitative estimate of drug-likeness (QED) is 0.664. The Bertz CT molecular complexity index is 245. The summed E-state index contributed by atoms with van der Waals surface area (Å²) in [5.74, 6) is -0.332. The first-order valence-corrected chi connectivity index (χ1v) is 3.58. The third-order valence-electron chi connectivity index (χ3n) is 1.51. The van der Waals surface area contributed by atoms with Crippen LogP contribution in [0.3, 0.4) is 0 Å². The fourth-order valence-corrected chi connectivity index (χ4v) is 0.792. The highest BCUT2D eigenvalue weighted by Gasteiger charge is 2.11. The Morgan fingerprint density at radius 3 is 3.08 bits per heavy atom. The number of hydrogen-bond donors (Lipinski definition) is 2. The zero-order valence-electron chi connectivity index (χ0n) is 6.43. The molecule has 0 spiro atoms. The van der Waals surface area contributed by atoms with Crippen LogP contribution in [0.25, 0.3) is 0 Å². The Hall–Kier alpha value is -1.36. The first kappa shape index (κ1) is 8.73. The average molecular weight is 170 g/mol. The number of aromatic nitrogens is 1. The van der Waals surface area contributed by atoms with Gasteiger partial charge in [-0.05, 0) is 6.42 Å². The molecule has 0 fully saturated rings. The molecule has 66 valence electrons. The van der Waals surface area contributed by atoms with Crippen molar-refractivity contribution in [2.75, 3.05) is 0 Å². The van der Waals surface area contributed by atoms with Gasteiger partial charge in [0.25, 0.3) is 0 Å². The van der Waals surface area contributed by atoms with Crippen molar-refractivity contribution in [2.45, 2.75) is 18.9 Å². The third kappa shape index (κ3) is 2.35. The van der Waals surface area contributed by atoms with Gasteiger partial charge < -0.3 is 15.4 Å². The average Bonchev–Trinajstić information content (AvgIpc) is 2.51. The van der Waals surface area contributed by atoms with Crippen molar-refractivity contribution in [3.63, 3.8) is 0 Å². The molecule has 3 N–H and O–H groups in total. The van der Waals surface area contributed by atoms with Gasteiger partial charge in [-0.1, -0.05) is 5.16 Å². The summed E-state index contributed by atoms with van der Waals surface area (Å²) in [5, 5.41) is 11.9. The molecule has 0 aliphatic heterocycles. The van der Waals surface area contributed by atoms with E-state index in [1.165, 1.54) is 6.20 Å². The summed E-state index contributed by atoms with van der Waals surface area (Å²) in [5.41, 5.74) is 5.27. The molecule has 12 heavy (non-hydrogen) atoms. The molecule has 0 saturated heterocycles. The van der Waals surface area contributed by atoms with Gasteiger partial charge in [0, 0.05) is 12.5 Å². The van der Waals surface area contributed by atoms with Crippen LogP contribution in [0.15, 0.2) is 16.8 Å². The van der Waals surface area contributed by atoms with Gasteiger partial charge in [-0.15, -0.1) is 0 Å². The molecule has 1 heterocycles. The van der Waals surface area contributed by atoms with E-state index in [1.807, 2.05) is 0 Å². The summed E-state index contributed by atoms with van der Waals surface area (Å²) in [4.78, 5) is 10.3. The number of nitrogens with zero attached hydrogens (tertiary/aromatic N) is 1. The number of rotatable bonds is 4. The van der Waals surface area contributed by atoms with E-state index in [0.717, 1.165) is 0 Å². The van der Waals surface area contributed by atoms with Gasteiger partial charge in [0.1, 0.15) is 11.8 Å². The van der Waals surface area contributed by atoms with E-state index in [4.69, 9.17) is 15.4 Å². The Balaban J connectivity index is 2.31. The number of carboxylic acids is 1. The Kier molecular flexibility index (Phi) is 2.82. The zero-order valence-corrected chi connectivity index (χ0v) is 6.43. The van der Waals surface area contributed by atoms with Crippen molar-refractivity contribution < 1.29 is 14.4 Å². The second-order valence-corrected chi connectivity index (χ2v) is 2.46. The molecular weight excluding hydrogens is 160 g/mol. The smallest absolute Gasteiger partial charge is 0.320 e. The van der Waals surface area contributed by atoms with Gasteiger partial charge >= 0.3 is 5.97 Å². The lowest BCUT2D eigenvalue weighted by molar-refractivity contribution is -0.138. The topological polar surface area (TPSA) is 89.4 Å². The van der Waals surface area contributed by atoms with E-state index in [2.05, 4.69) is 5.16 Å². The summed E-state index contributed by atoms with van der Waals surface area (Å²) in [6.45, 7) is 0. The molecular formula is C7H10N2O3. The van der Waals surface area contributed by atoms with Crippen LogP contribution >= 0.6 is 0 Å². The highest BCUT2D eigenvalue weighted by Crippen LogP contribution is 2.02. The summed E-state index contributed by atoms with van der Waals surface area (Å²) in [6, 6.07) is 0.865. The van der Waals surface area contributed by atoms with E-state index < -0.39 is 12.0 Å². The molecule has 0 aliphatic carbocycles. The van der Waals surface area contributed by atoms with E-state index in [9.17, 15) is 4.79 Å². The molecule has 1 aromatic rings. The molecule has 5 nitrogen and oxygen atoms in total. The van der Waals surface area contributed by atoms with Crippen LogP contribution in [0.4, 0.5) is 0 Å². The van der Waals surface area contributed by atoms with Crippen molar-refractivity contribution >= 4 is 5.97 Å². The fraction of sp³-hybridized carbons (Fsp3) is 0.429. The SMILES string of the molecule is N[C@H](CCc1ccno1)C(=O)O. The van der Waals surface area contributed by atoms with E-state index in [-0.39, 0.29) is 0 Å². The maximum Gasteiger partial charge on any atom is 0.320 e. The molecule has 0 amide bonds. The summed E-state index contributed by atoms with van der Waals surface area (Å²) in [6.07, 6.45) is 2.39. The van der Waals surface area contributed by atoms with Crippen molar-refractivity contribution in [2.24, 2.45) is 5.73 Å². The number of aliphatic carboxylic acids is 1. The van der Waals surface area contributed by atoms with Gasteiger partial charge in [0.2, 0.25) is 0 Å². The minimum atomic E-state index is -0.991. The maximum atomic E-state index is 10.3. The lowest BCUT2D eigenvalue weighted by Crippen LogP contribution is -2.30. The predicted molar refractivity (Wildman–Crippen MR) is 40.4 cm³/mol. The van der Waals surface area contributed by atoms with Crippen molar-refractivity contribution in [3.05, 3.63) is 18.0 Å². The first-order valence-electron chi connectivity index (χ1n) is 3.58. The summed E-state index contributed by atoms with van der Waals surface area (Å²) >= 11 is 0. The number of aryl methyl sites for hydroxylation is 1. The van der Waals surface area contributed by atoms with E-state index in [0.29, 0.717) is 18.6 Å². The third-order valence-corrected chi connectivity index (χ3v) is 1.51. The lowest BCUT2D eigenvalue weighted by atomic mass is 10.1. The Morgan fingerprint density at radius 1 is 1.83 bits per heavy atom. The molecule has 1 rings (SSSR count). The van der Waals surface area contributed by atoms with Crippen LogP contribution in [0.2, 0.25) is 0 Å². The van der Waals surface area contributed by atoms with Crippen LogP contribution in [-0.2, 0) is 11.2 Å². The number of carboxylic acid groups (broad SMARTS) is 1. The first-order chi connectivity index (χ1) is 5.70. The van der Waals surface area contributed by atoms with Crippen molar-refractivity contribution in [1.82, 2.24) is 5.16 Å². The normalized spacial score (nSPS) is 12.8. The fourth-order valence-electron chi connectivity index (χ4n) is 0.792. The number of nitrogens with two attached hydrogens (primary N) is 1. The molecule has 5 heteroatoms. The number of carbonyl (C=O) groups is 1. The monoisotopic (exact) mass is 170 g/mol. The van der Waals surface area contributed by atoms with Crippen LogP contribution in [0, 0.1) is 0 Å². The highest BCUT2D eigenvalue weighted by atomic mass is 16.5. The van der Waals surface area contributed by atoms with Gasteiger partial charge in [-0.2, -0.15) is 0 Å². The Morgan fingerprint density at radius 2 is 2.58 bits per heavy atom. The lowest BCUT2D eigenvalue weighted by Gasteiger charge is -2.02. The Labute approximate surface area is 69.2 Å². The number of hydrogen-bond acceptors (Lipinski definition) is 4. The largest absolute Gasteiger partial charge is 0.480 e. The van der Waals surface area contributed by atoms with E-state index in [1.54, 1.807) is 6.07 Å². The predicted octanol–water partition coefficient (Wildman–Crippen LogP) is 0.0191. The van der Waals surface area contributed by atoms with Crippen LogP contribution in [0.1, 0.15) is 12.2 Å². The minimum Gasteiger partial charge on any atom is -0.480 e. The standard InChI is InChI=1S/C7H10N2O3/c8-6(7(10)11)2-1-5-3-4-9-12-5/h3-4,6H,1-2,8H2,(H,10,11)/t6-/m1/s1. The maximum absolute atomic E-state index is 10.3. The minimum absolute atomic E-state index is 0.366. The van der Waals surface area contributed by atoms with Gasteiger partial charge in [0.05, 0.1) is 6.20 Å².